The van der Waals surface area contributed by atoms with Gasteiger partial charge in [-0.1, -0.05) is 0 Å². The molecular formula is C14H22N2O3. The summed E-state index contributed by atoms with van der Waals surface area (Å²) in [5.74, 6) is 1.69. The van der Waals surface area contributed by atoms with Gasteiger partial charge in [0.15, 0.2) is 0 Å². The molecule has 1 saturated heterocycles. The van der Waals surface area contributed by atoms with Crippen LogP contribution in [-0.4, -0.2) is 28.2 Å². The summed E-state index contributed by atoms with van der Waals surface area (Å²) in [7, 11) is 0. The number of hydrogen-bond donors (Lipinski definition) is 0. The molecule has 2 heterocycles. The van der Waals surface area contributed by atoms with Crippen molar-refractivity contribution >= 4 is 5.78 Å². The monoisotopic (exact) mass is 266 g/mol. The summed E-state index contributed by atoms with van der Waals surface area (Å²) in [4.78, 5) is 11.9. The fourth-order valence-corrected chi connectivity index (χ4v) is 2.64. The van der Waals surface area contributed by atoms with Crippen molar-refractivity contribution in [1.29, 1.82) is 0 Å². The number of aromatic nitrogens is 2. The third-order valence-electron chi connectivity index (χ3n) is 3.55. The first-order valence-corrected chi connectivity index (χ1v) is 6.89. The van der Waals surface area contributed by atoms with E-state index in [1.807, 2.05) is 0 Å². The first kappa shape index (κ1) is 14.2. The second-order valence-corrected chi connectivity index (χ2v) is 5.94. The second kappa shape index (κ2) is 5.82. The highest BCUT2D eigenvalue weighted by molar-refractivity contribution is 5.79. The van der Waals surface area contributed by atoms with Crippen molar-refractivity contribution < 1.29 is 13.9 Å². The maximum absolute atomic E-state index is 11.9. The van der Waals surface area contributed by atoms with Crippen molar-refractivity contribution in [3.63, 3.8) is 0 Å². The summed E-state index contributed by atoms with van der Waals surface area (Å²) in [5, 5.41) is 7.57. The Morgan fingerprint density at radius 2 is 2.21 bits per heavy atom. The van der Waals surface area contributed by atoms with Crippen LogP contribution in [0.1, 0.15) is 51.3 Å². The van der Waals surface area contributed by atoms with Crippen LogP contribution in [0.2, 0.25) is 0 Å². The van der Waals surface area contributed by atoms with Gasteiger partial charge in [0.25, 0.3) is 0 Å². The predicted molar refractivity (Wildman–Crippen MR) is 69.7 cm³/mol. The van der Waals surface area contributed by atoms with Crippen molar-refractivity contribution in [2.24, 2.45) is 5.92 Å². The predicted octanol–water partition coefficient (Wildman–Crippen LogP) is 2.48. The van der Waals surface area contributed by atoms with Gasteiger partial charge in [-0.15, -0.1) is 10.2 Å². The van der Waals surface area contributed by atoms with E-state index in [0.29, 0.717) is 24.1 Å². The van der Waals surface area contributed by atoms with Crippen LogP contribution in [-0.2, 0) is 16.0 Å². The van der Waals surface area contributed by atoms with E-state index in [0.717, 1.165) is 25.9 Å². The molecule has 1 aliphatic heterocycles. The number of hydrogen-bond acceptors (Lipinski definition) is 5. The summed E-state index contributed by atoms with van der Waals surface area (Å²) in [5.41, 5.74) is -0.0461. The number of Topliss-reactive ketones (excluding diaryl/α,β-unsaturated/α-hetero) is 1. The molecule has 1 atom stereocenters. The number of rotatable bonds is 5. The van der Waals surface area contributed by atoms with Crippen molar-refractivity contribution in [2.45, 2.75) is 58.5 Å². The fraction of sp³-hybridized carbons (Fsp3) is 0.786. The summed E-state index contributed by atoms with van der Waals surface area (Å²) in [6.07, 6.45) is 3.85. The maximum Gasteiger partial charge on any atom is 0.223 e. The van der Waals surface area contributed by atoms with Crippen LogP contribution < -0.4 is 0 Å². The van der Waals surface area contributed by atoms with Crippen molar-refractivity contribution in [3.05, 3.63) is 11.8 Å². The maximum atomic E-state index is 11.9. The van der Waals surface area contributed by atoms with Gasteiger partial charge in [-0.25, -0.2) is 0 Å². The minimum absolute atomic E-state index is 0.0461. The molecular weight excluding hydrogens is 244 g/mol. The highest BCUT2D eigenvalue weighted by Crippen LogP contribution is 2.31. The first-order chi connectivity index (χ1) is 8.94. The Labute approximate surface area is 113 Å². The number of ether oxygens (including phenoxy) is 1. The molecule has 19 heavy (non-hydrogen) atoms. The molecule has 1 aromatic heterocycles. The molecule has 2 rings (SSSR count). The van der Waals surface area contributed by atoms with E-state index in [9.17, 15) is 4.79 Å². The van der Waals surface area contributed by atoms with Crippen molar-refractivity contribution in [1.82, 2.24) is 10.2 Å². The van der Waals surface area contributed by atoms with Crippen LogP contribution in [0.15, 0.2) is 4.42 Å². The average Bonchev–Trinajstić information content (AvgIpc) is 2.71. The van der Waals surface area contributed by atoms with Crippen molar-refractivity contribution in [3.8, 4) is 0 Å². The molecule has 1 fully saturated rings. The van der Waals surface area contributed by atoms with E-state index in [4.69, 9.17) is 9.15 Å². The van der Waals surface area contributed by atoms with Gasteiger partial charge in [-0.2, -0.15) is 0 Å². The molecule has 1 aromatic rings. The molecule has 0 spiro atoms. The Morgan fingerprint density at radius 3 is 2.84 bits per heavy atom. The quantitative estimate of drug-likeness (QED) is 0.819. The zero-order valence-electron chi connectivity index (χ0n) is 11.9. The Bertz CT molecular complexity index is 440. The van der Waals surface area contributed by atoms with E-state index in [1.165, 1.54) is 0 Å². The van der Waals surface area contributed by atoms with Gasteiger partial charge in [0, 0.05) is 20.0 Å². The average molecular weight is 266 g/mol. The number of carbonyl (C=O) groups is 1. The Kier molecular flexibility index (Phi) is 4.34. The van der Waals surface area contributed by atoms with Gasteiger partial charge in [0.2, 0.25) is 11.8 Å². The third kappa shape index (κ3) is 4.42. The standard InChI is InChI=1S/C14H22N2O3/c1-10-15-16-13(19-10)8-12(17)5-4-11-6-7-18-14(2,3)9-11/h11H,4-9H2,1-3H3. The smallest absolute Gasteiger partial charge is 0.223 e. The van der Waals surface area contributed by atoms with Crippen molar-refractivity contribution in [2.75, 3.05) is 6.61 Å². The fourth-order valence-electron chi connectivity index (χ4n) is 2.64. The lowest BCUT2D eigenvalue weighted by atomic mass is 9.85. The summed E-state index contributed by atoms with van der Waals surface area (Å²) in [6, 6.07) is 0. The van der Waals surface area contributed by atoms with Gasteiger partial charge in [-0.3, -0.25) is 4.79 Å². The first-order valence-electron chi connectivity index (χ1n) is 6.89. The Morgan fingerprint density at radius 1 is 1.42 bits per heavy atom. The molecule has 106 valence electrons. The SMILES string of the molecule is Cc1nnc(CC(=O)CCC2CCOC(C)(C)C2)o1. The van der Waals surface area contributed by atoms with Gasteiger partial charge in [0.05, 0.1) is 12.0 Å². The normalized spacial score (nSPS) is 22.4. The lowest BCUT2D eigenvalue weighted by Gasteiger charge is -2.35. The largest absolute Gasteiger partial charge is 0.425 e. The van der Waals surface area contributed by atoms with Crippen LogP contribution >= 0.6 is 0 Å². The lowest BCUT2D eigenvalue weighted by Crippen LogP contribution is -2.34. The highest BCUT2D eigenvalue weighted by atomic mass is 16.5. The van der Waals surface area contributed by atoms with E-state index < -0.39 is 0 Å². The molecule has 0 bridgehead atoms. The molecule has 0 saturated carbocycles. The van der Waals surface area contributed by atoms with E-state index >= 15 is 0 Å². The lowest BCUT2D eigenvalue weighted by molar-refractivity contribution is -0.119. The zero-order valence-corrected chi connectivity index (χ0v) is 11.9. The van der Waals surface area contributed by atoms with Crippen LogP contribution in [0.25, 0.3) is 0 Å². The summed E-state index contributed by atoms with van der Waals surface area (Å²) < 4.78 is 10.9. The molecule has 1 unspecified atom stereocenters. The molecule has 0 N–H and O–H groups in total. The number of nitrogens with zero attached hydrogens (tertiary/aromatic N) is 2. The molecule has 0 radical (unpaired) electrons. The summed E-state index contributed by atoms with van der Waals surface area (Å²) >= 11 is 0. The van der Waals surface area contributed by atoms with Gasteiger partial charge in [-0.05, 0) is 39.0 Å². The van der Waals surface area contributed by atoms with Crippen LogP contribution in [0.5, 0.6) is 0 Å². The second-order valence-electron chi connectivity index (χ2n) is 5.94. The van der Waals surface area contributed by atoms with E-state index in [1.54, 1.807) is 6.92 Å². The van der Waals surface area contributed by atoms with Gasteiger partial charge < -0.3 is 9.15 Å². The van der Waals surface area contributed by atoms with Crippen LogP contribution in [0.4, 0.5) is 0 Å². The molecule has 5 heteroatoms. The number of aryl methyl sites for hydroxylation is 1. The molecule has 0 aliphatic carbocycles. The van der Waals surface area contributed by atoms with E-state index in [-0.39, 0.29) is 17.8 Å². The topological polar surface area (TPSA) is 65.2 Å². The Balaban J connectivity index is 1.74. The molecule has 1 aliphatic rings. The minimum Gasteiger partial charge on any atom is -0.425 e. The highest BCUT2D eigenvalue weighted by Gasteiger charge is 2.28. The third-order valence-corrected chi connectivity index (χ3v) is 3.55. The minimum atomic E-state index is -0.0461. The zero-order chi connectivity index (χ0) is 13.9. The molecule has 0 amide bonds. The number of ketones is 1. The Hall–Kier alpha value is -1.23. The van der Waals surface area contributed by atoms with Gasteiger partial charge >= 0.3 is 0 Å². The van der Waals surface area contributed by atoms with Crippen LogP contribution in [0, 0.1) is 12.8 Å². The molecule has 5 nitrogen and oxygen atoms in total. The number of carbonyl (C=O) groups excluding carboxylic acids is 1. The van der Waals surface area contributed by atoms with Crippen LogP contribution in [0.3, 0.4) is 0 Å². The summed E-state index contributed by atoms with van der Waals surface area (Å²) in [6.45, 7) is 6.75. The van der Waals surface area contributed by atoms with Gasteiger partial charge in [0.1, 0.15) is 5.78 Å². The molecule has 0 aromatic carbocycles. The van der Waals surface area contributed by atoms with E-state index in [2.05, 4.69) is 24.0 Å².